The zero-order chi connectivity index (χ0) is 10.1. The maximum absolute atomic E-state index is 4.60. The second-order valence-electron chi connectivity index (χ2n) is 3.86. The molecule has 0 aromatic heterocycles. The van der Waals surface area contributed by atoms with Crippen LogP contribution in [-0.2, 0) is 0 Å². The molecule has 0 amide bonds. The van der Waals surface area contributed by atoms with E-state index in [1.807, 2.05) is 12.1 Å². The van der Waals surface area contributed by atoms with Gasteiger partial charge in [0.05, 0.1) is 0 Å². The van der Waals surface area contributed by atoms with Crippen molar-refractivity contribution in [2.75, 3.05) is 0 Å². The molecule has 0 aliphatic carbocycles. The average Bonchev–Trinajstić information content (AvgIpc) is 3.11. The fourth-order valence-corrected chi connectivity index (χ4v) is 1.96. The Hall–Kier alpha value is -1.00. The summed E-state index contributed by atoms with van der Waals surface area (Å²) in [6.07, 6.45) is 0. The molecular weight excluding hydrogens is 189 g/mol. The van der Waals surface area contributed by atoms with E-state index in [9.17, 15) is 0 Å². The predicted molar refractivity (Wildman–Crippen MR) is 61.7 cm³/mol. The Kier molecular flexibility index (Phi) is 3.51. The smallest absolute Gasteiger partial charge is 0.651 e. The van der Waals surface area contributed by atoms with E-state index in [1.54, 1.807) is 0 Å². The van der Waals surface area contributed by atoms with E-state index < -0.39 is 0 Å². The molecule has 0 N–H and O–H groups in total. The second-order valence-corrected chi connectivity index (χ2v) is 3.86. The van der Waals surface area contributed by atoms with Crippen molar-refractivity contribution in [3.63, 3.8) is 0 Å². The van der Waals surface area contributed by atoms with E-state index in [-0.39, 0.29) is 18.9 Å². The van der Waals surface area contributed by atoms with Crippen molar-refractivity contribution >= 4 is 0 Å². The summed E-state index contributed by atoms with van der Waals surface area (Å²) >= 11 is 0. The number of hydrogen-bond acceptors (Lipinski definition) is 0. The first kappa shape index (κ1) is 11.5. The van der Waals surface area contributed by atoms with Crippen molar-refractivity contribution in [3.05, 3.63) is 77.1 Å². The third kappa shape index (κ3) is 2.22. The minimum absolute atomic E-state index is 0. The first-order valence-corrected chi connectivity index (χ1v) is 5.25. The fourth-order valence-electron chi connectivity index (χ4n) is 1.96. The van der Waals surface area contributed by atoms with E-state index in [1.165, 1.54) is 11.1 Å². The van der Waals surface area contributed by atoms with Crippen LogP contribution >= 0.6 is 0 Å². The van der Waals surface area contributed by atoms with Crippen molar-refractivity contribution < 1.29 is 18.9 Å². The second kappa shape index (κ2) is 4.89. The molecule has 1 aliphatic heterocycles. The summed E-state index contributed by atoms with van der Waals surface area (Å²) in [5, 5.41) is 4.60. The summed E-state index contributed by atoms with van der Waals surface area (Å²) in [6, 6.07) is 21.8. The Morgan fingerprint density at radius 1 is 0.625 bits per heavy atom. The monoisotopic (exact) mass is 201 g/mol. The molecule has 0 bridgehead atoms. The predicted octanol–water partition coefficient (Wildman–Crippen LogP) is 0.860. The number of rotatable bonds is 2. The minimum atomic E-state index is 0. The van der Waals surface area contributed by atoms with E-state index in [4.69, 9.17) is 0 Å². The van der Waals surface area contributed by atoms with Crippen molar-refractivity contribution in [2.45, 2.75) is 12.1 Å². The molecule has 1 saturated heterocycles. The van der Waals surface area contributed by atoms with E-state index in [0.717, 1.165) is 0 Å². The molecule has 74 valence electrons. The van der Waals surface area contributed by atoms with Crippen LogP contribution in [0.1, 0.15) is 23.2 Å². The van der Waals surface area contributed by atoms with Crippen LogP contribution in [0.2, 0.25) is 0 Å². The Morgan fingerprint density at radius 3 is 1.38 bits per heavy atom. The molecule has 2 heteroatoms. The Balaban J connectivity index is 0.000000963. The summed E-state index contributed by atoms with van der Waals surface area (Å²) in [5.41, 5.74) is 2.65. The summed E-state index contributed by atoms with van der Waals surface area (Å²) in [4.78, 5) is 0. The molecule has 0 radical (unpaired) electrons. The molecule has 3 rings (SSSR count). The van der Waals surface area contributed by atoms with Gasteiger partial charge in [-0.1, -0.05) is 71.8 Å². The Morgan fingerprint density at radius 2 is 1.00 bits per heavy atom. The largest absolute Gasteiger partial charge is 1.00 e. The van der Waals surface area contributed by atoms with Crippen LogP contribution < -0.4 is 18.9 Å². The third-order valence-corrected chi connectivity index (χ3v) is 2.81. The standard InChI is InChI=1S/C14H12N.Li/c1-3-7-11(8-4-1)13-14(15-13)12-9-5-2-6-10-12;/h1-10,13-14H;/q-1;+1/t13-,14+;. The van der Waals surface area contributed by atoms with Crippen LogP contribution in [0.3, 0.4) is 0 Å². The van der Waals surface area contributed by atoms with Crippen molar-refractivity contribution in [1.29, 1.82) is 0 Å². The summed E-state index contributed by atoms with van der Waals surface area (Å²) in [7, 11) is 0. The summed E-state index contributed by atoms with van der Waals surface area (Å²) in [6.45, 7) is 0. The van der Waals surface area contributed by atoms with Crippen LogP contribution in [0, 0.1) is 0 Å². The first-order valence-electron chi connectivity index (χ1n) is 5.25. The van der Waals surface area contributed by atoms with Gasteiger partial charge in [-0.15, -0.1) is 12.1 Å². The number of hydrogen-bond donors (Lipinski definition) is 0. The summed E-state index contributed by atoms with van der Waals surface area (Å²) in [5.74, 6) is 0. The van der Waals surface area contributed by atoms with Gasteiger partial charge >= 0.3 is 18.9 Å². The molecule has 1 heterocycles. The van der Waals surface area contributed by atoms with Gasteiger partial charge in [0, 0.05) is 0 Å². The quantitative estimate of drug-likeness (QED) is 0.505. The van der Waals surface area contributed by atoms with E-state index in [2.05, 4.69) is 53.8 Å². The van der Waals surface area contributed by atoms with Crippen molar-refractivity contribution in [2.24, 2.45) is 0 Å². The fraction of sp³-hybridized carbons (Fsp3) is 0.143. The molecule has 0 saturated carbocycles. The van der Waals surface area contributed by atoms with E-state index in [0.29, 0.717) is 12.1 Å². The molecule has 16 heavy (non-hydrogen) atoms. The van der Waals surface area contributed by atoms with Gasteiger partial charge in [-0.25, -0.2) is 0 Å². The molecule has 0 spiro atoms. The van der Waals surface area contributed by atoms with Gasteiger partial charge in [0.1, 0.15) is 0 Å². The van der Waals surface area contributed by atoms with E-state index >= 15 is 0 Å². The first-order chi connectivity index (χ1) is 7.45. The van der Waals surface area contributed by atoms with Crippen LogP contribution in [0.4, 0.5) is 0 Å². The molecular formula is C14H12LiN. The number of benzene rings is 2. The van der Waals surface area contributed by atoms with Crippen LogP contribution in [-0.4, -0.2) is 0 Å². The van der Waals surface area contributed by atoms with Crippen LogP contribution in [0.5, 0.6) is 0 Å². The minimum Gasteiger partial charge on any atom is -0.651 e. The normalized spacial score (nSPS) is 22.2. The van der Waals surface area contributed by atoms with Crippen molar-refractivity contribution in [1.82, 2.24) is 0 Å². The third-order valence-electron chi connectivity index (χ3n) is 2.81. The van der Waals surface area contributed by atoms with Gasteiger partial charge in [0.15, 0.2) is 0 Å². The average molecular weight is 201 g/mol. The van der Waals surface area contributed by atoms with Gasteiger partial charge in [0.2, 0.25) is 0 Å². The zero-order valence-electron chi connectivity index (χ0n) is 9.38. The maximum atomic E-state index is 4.60. The maximum Gasteiger partial charge on any atom is 1.00 e. The van der Waals surface area contributed by atoms with Gasteiger partial charge in [-0.05, 0) is 0 Å². The van der Waals surface area contributed by atoms with Crippen molar-refractivity contribution in [3.8, 4) is 0 Å². The topological polar surface area (TPSA) is 14.1 Å². The molecule has 1 nitrogen and oxygen atoms in total. The molecule has 2 atom stereocenters. The SMILES string of the molecule is [Li+].c1ccc([C@H]2[N-][C@H]2c2ccccc2)cc1. The summed E-state index contributed by atoms with van der Waals surface area (Å²) < 4.78 is 0. The molecule has 2 aromatic carbocycles. The zero-order valence-corrected chi connectivity index (χ0v) is 9.38. The molecule has 2 aromatic rings. The molecule has 0 unspecified atom stereocenters. The Labute approximate surface area is 108 Å². The molecule has 1 aliphatic rings. The van der Waals surface area contributed by atoms with Gasteiger partial charge in [0.25, 0.3) is 0 Å². The molecule has 1 fully saturated rings. The van der Waals surface area contributed by atoms with Crippen LogP contribution in [0.15, 0.2) is 60.7 Å². The van der Waals surface area contributed by atoms with Crippen LogP contribution in [0.25, 0.3) is 5.32 Å². The Bertz CT molecular complexity index is 397. The van der Waals surface area contributed by atoms with Gasteiger partial charge < -0.3 is 5.32 Å². The number of nitrogens with zero attached hydrogens (tertiary/aromatic N) is 1. The van der Waals surface area contributed by atoms with Gasteiger partial charge in [-0.3, -0.25) is 0 Å². The van der Waals surface area contributed by atoms with Gasteiger partial charge in [-0.2, -0.15) is 0 Å².